The molecule has 0 aromatic heterocycles. The van der Waals surface area contributed by atoms with Gasteiger partial charge in [-0.1, -0.05) is 30.3 Å². The van der Waals surface area contributed by atoms with Gasteiger partial charge in [-0.25, -0.2) is 0 Å². The van der Waals surface area contributed by atoms with Gasteiger partial charge < -0.3 is 15.3 Å². The lowest BCUT2D eigenvalue weighted by molar-refractivity contribution is 0.286. The molecule has 2 aromatic rings. The van der Waals surface area contributed by atoms with Crippen LogP contribution in [0, 0.1) is 0 Å². The van der Waals surface area contributed by atoms with E-state index in [1.54, 1.807) is 0 Å². The molecule has 0 unspecified atom stereocenters. The number of rotatable bonds is 7. The maximum Gasteiger partial charge on any atom is 0.0443 e. The molecule has 0 saturated carbocycles. The quantitative estimate of drug-likeness (QED) is 0.760. The second-order valence-corrected chi connectivity index (χ2v) is 5.26. The van der Waals surface area contributed by atoms with Crippen molar-refractivity contribution in [3.8, 4) is 0 Å². The van der Waals surface area contributed by atoms with Gasteiger partial charge in [-0.15, -0.1) is 0 Å². The van der Waals surface area contributed by atoms with Gasteiger partial charge in [-0.2, -0.15) is 0 Å². The first-order valence-corrected chi connectivity index (χ1v) is 7.23. The molecule has 0 bridgehead atoms. The highest BCUT2D eigenvalue weighted by Crippen LogP contribution is 2.27. The molecular formula is C17H24N2O. The highest BCUT2D eigenvalue weighted by Gasteiger charge is 2.05. The van der Waals surface area contributed by atoms with Crippen LogP contribution in [-0.4, -0.2) is 38.9 Å². The second-order valence-electron chi connectivity index (χ2n) is 5.26. The summed E-state index contributed by atoms with van der Waals surface area (Å²) in [5, 5.41) is 14.8. The number of hydrogen-bond acceptors (Lipinski definition) is 3. The van der Waals surface area contributed by atoms with E-state index in [-0.39, 0.29) is 6.61 Å². The second kappa shape index (κ2) is 7.27. The standard InChI is InChI=1S/C17H24N2O/c1-19(2)17-9-4-7-15-14(6-3-8-16(15)17)10-12-18-11-5-13-20/h3-4,6-9,18,20H,5,10-13H2,1-2H3. The van der Waals surface area contributed by atoms with E-state index >= 15 is 0 Å². The predicted octanol–water partition coefficient (Wildman–Crippen LogP) is 2.42. The Morgan fingerprint density at radius 1 is 1.00 bits per heavy atom. The first-order valence-electron chi connectivity index (χ1n) is 7.23. The molecule has 0 atom stereocenters. The number of nitrogens with zero attached hydrogens (tertiary/aromatic N) is 1. The summed E-state index contributed by atoms with van der Waals surface area (Å²) in [6.45, 7) is 2.09. The topological polar surface area (TPSA) is 35.5 Å². The summed E-state index contributed by atoms with van der Waals surface area (Å²) in [6.07, 6.45) is 1.83. The normalized spacial score (nSPS) is 10.9. The molecule has 0 radical (unpaired) electrons. The number of aliphatic hydroxyl groups excluding tert-OH is 1. The summed E-state index contributed by atoms with van der Waals surface area (Å²) >= 11 is 0. The largest absolute Gasteiger partial charge is 0.396 e. The Bertz CT molecular complexity index is 552. The maximum absolute atomic E-state index is 8.76. The van der Waals surface area contributed by atoms with Gasteiger partial charge in [0, 0.05) is 31.8 Å². The molecule has 0 spiro atoms. The van der Waals surface area contributed by atoms with Crippen LogP contribution in [0.4, 0.5) is 5.69 Å². The van der Waals surface area contributed by atoms with Crippen molar-refractivity contribution in [2.45, 2.75) is 12.8 Å². The Balaban J connectivity index is 2.16. The van der Waals surface area contributed by atoms with E-state index in [9.17, 15) is 0 Å². The molecule has 108 valence electrons. The van der Waals surface area contributed by atoms with E-state index in [4.69, 9.17) is 5.11 Å². The van der Waals surface area contributed by atoms with Gasteiger partial charge in [0.05, 0.1) is 0 Å². The molecule has 2 aromatic carbocycles. The molecule has 0 saturated heterocycles. The minimum absolute atomic E-state index is 0.257. The third kappa shape index (κ3) is 3.50. The van der Waals surface area contributed by atoms with Crippen LogP contribution in [-0.2, 0) is 6.42 Å². The average Bonchev–Trinajstić information content (AvgIpc) is 2.46. The first kappa shape index (κ1) is 14.8. The summed E-state index contributed by atoms with van der Waals surface area (Å²) in [5.41, 5.74) is 2.64. The van der Waals surface area contributed by atoms with Crippen molar-refractivity contribution in [1.82, 2.24) is 5.32 Å². The lowest BCUT2D eigenvalue weighted by Gasteiger charge is -2.17. The van der Waals surface area contributed by atoms with Gasteiger partial charge in [0.2, 0.25) is 0 Å². The fourth-order valence-electron chi connectivity index (χ4n) is 2.52. The number of fused-ring (bicyclic) bond motifs is 1. The van der Waals surface area contributed by atoms with Crippen LogP contribution in [0.2, 0.25) is 0 Å². The van der Waals surface area contributed by atoms with Crippen molar-refractivity contribution in [3.05, 3.63) is 42.0 Å². The molecule has 0 fully saturated rings. The third-order valence-corrected chi connectivity index (χ3v) is 3.55. The minimum Gasteiger partial charge on any atom is -0.396 e. The van der Waals surface area contributed by atoms with Crippen LogP contribution in [0.3, 0.4) is 0 Å². The maximum atomic E-state index is 8.76. The van der Waals surface area contributed by atoms with Crippen LogP contribution >= 0.6 is 0 Å². The minimum atomic E-state index is 0.257. The number of aliphatic hydroxyl groups is 1. The molecule has 0 amide bonds. The number of anilines is 1. The zero-order valence-corrected chi connectivity index (χ0v) is 12.4. The van der Waals surface area contributed by atoms with Crippen molar-refractivity contribution in [3.63, 3.8) is 0 Å². The number of nitrogens with one attached hydrogen (secondary N) is 1. The van der Waals surface area contributed by atoms with E-state index in [2.05, 4.69) is 60.7 Å². The zero-order chi connectivity index (χ0) is 14.4. The van der Waals surface area contributed by atoms with Crippen LogP contribution in [0.5, 0.6) is 0 Å². The molecule has 0 heterocycles. The van der Waals surface area contributed by atoms with E-state index < -0.39 is 0 Å². The molecular weight excluding hydrogens is 248 g/mol. The van der Waals surface area contributed by atoms with E-state index in [1.165, 1.54) is 22.0 Å². The lowest BCUT2D eigenvalue weighted by Crippen LogP contribution is -2.19. The van der Waals surface area contributed by atoms with Crippen molar-refractivity contribution < 1.29 is 5.11 Å². The average molecular weight is 272 g/mol. The lowest BCUT2D eigenvalue weighted by atomic mass is 10.0. The van der Waals surface area contributed by atoms with Gasteiger partial charge in [0.25, 0.3) is 0 Å². The summed E-state index contributed by atoms with van der Waals surface area (Å²) in [5.74, 6) is 0. The molecule has 0 aliphatic carbocycles. The molecule has 3 nitrogen and oxygen atoms in total. The fraction of sp³-hybridized carbons (Fsp3) is 0.412. The highest BCUT2D eigenvalue weighted by atomic mass is 16.3. The smallest absolute Gasteiger partial charge is 0.0443 e. The van der Waals surface area contributed by atoms with E-state index in [0.29, 0.717) is 0 Å². The van der Waals surface area contributed by atoms with Gasteiger partial charge in [-0.3, -0.25) is 0 Å². The van der Waals surface area contributed by atoms with Crippen molar-refractivity contribution >= 4 is 16.5 Å². The third-order valence-electron chi connectivity index (χ3n) is 3.55. The molecule has 20 heavy (non-hydrogen) atoms. The van der Waals surface area contributed by atoms with E-state index in [1.807, 2.05) is 0 Å². The summed E-state index contributed by atoms with van der Waals surface area (Å²) in [7, 11) is 4.16. The number of hydrogen-bond donors (Lipinski definition) is 2. The first-order chi connectivity index (χ1) is 9.74. The Labute approximate surface area is 121 Å². The van der Waals surface area contributed by atoms with Gasteiger partial charge in [0.1, 0.15) is 0 Å². The summed E-state index contributed by atoms with van der Waals surface area (Å²) in [4.78, 5) is 2.16. The van der Waals surface area contributed by atoms with Gasteiger partial charge in [0.15, 0.2) is 0 Å². The highest BCUT2D eigenvalue weighted by molar-refractivity contribution is 5.96. The van der Waals surface area contributed by atoms with E-state index in [0.717, 1.165) is 25.9 Å². The van der Waals surface area contributed by atoms with Gasteiger partial charge in [-0.05, 0) is 42.9 Å². The van der Waals surface area contributed by atoms with Crippen molar-refractivity contribution in [2.24, 2.45) is 0 Å². The Hall–Kier alpha value is -1.58. The Morgan fingerprint density at radius 2 is 1.75 bits per heavy atom. The fourth-order valence-corrected chi connectivity index (χ4v) is 2.52. The Morgan fingerprint density at radius 3 is 2.50 bits per heavy atom. The van der Waals surface area contributed by atoms with Crippen molar-refractivity contribution in [2.75, 3.05) is 38.7 Å². The molecule has 0 aliphatic heterocycles. The number of benzene rings is 2. The van der Waals surface area contributed by atoms with Crippen LogP contribution < -0.4 is 10.2 Å². The summed E-state index contributed by atoms with van der Waals surface area (Å²) < 4.78 is 0. The van der Waals surface area contributed by atoms with Crippen LogP contribution in [0.1, 0.15) is 12.0 Å². The zero-order valence-electron chi connectivity index (χ0n) is 12.4. The summed E-state index contributed by atoms with van der Waals surface area (Å²) in [6, 6.07) is 13.0. The van der Waals surface area contributed by atoms with Crippen molar-refractivity contribution in [1.29, 1.82) is 0 Å². The van der Waals surface area contributed by atoms with Crippen LogP contribution in [0.15, 0.2) is 36.4 Å². The van der Waals surface area contributed by atoms with Gasteiger partial charge >= 0.3 is 0 Å². The molecule has 0 aliphatic rings. The molecule has 2 N–H and O–H groups in total. The predicted molar refractivity (Wildman–Crippen MR) is 86.6 cm³/mol. The SMILES string of the molecule is CN(C)c1cccc2c(CCNCCCO)cccc12. The Kier molecular flexibility index (Phi) is 5.39. The van der Waals surface area contributed by atoms with Crippen LogP contribution in [0.25, 0.3) is 10.8 Å². The molecule has 3 heteroatoms. The molecule has 2 rings (SSSR count). The monoisotopic (exact) mass is 272 g/mol.